The van der Waals surface area contributed by atoms with Crippen LogP contribution >= 0.6 is 0 Å². The first-order valence-corrected chi connectivity index (χ1v) is 6.73. The predicted octanol–water partition coefficient (Wildman–Crippen LogP) is 0.278. The van der Waals surface area contributed by atoms with E-state index in [0.29, 0.717) is 32.7 Å². The van der Waals surface area contributed by atoms with Crippen molar-refractivity contribution in [2.24, 2.45) is 5.92 Å². The predicted molar refractivity (Wildman–Crippen MR) is 70.9 cm³/mol. The van der Waals surface area contributed by atoms with Crippen LogP contribution in [0, 0.1) is 5.92 Å². The van der Waals surface area contributed by atoms with E-state index in [2.05, 4.69) is 4.90 Å². The maximum atomic E-state index is 12.0. The van der Waals surface area contributed by atoms with E-state index in [4.69, 9.17) is 9.84 Å². The molecule has 0 bridgehead atoms. The van der Waals surface area contributed by atoms with Crippen molar-refractivity contribution >= 4 is 11.9 Å². The molecule has 0 saturated carbocycles. The Kier molecular flexibility index (Phi) is 6.80. The summed E-state index contributed by atoms with van der Waals surface area (Å²) in [6, 6.07) is 0. The van der Waals surface area contributed by atoms with Crippen molar-refractivity contribution in [1.29, 1.82) is 0 Å². The number of hydrogen-bond acceptors (Lipinski definition) is 4. The summed E-state index contributed by atoms with van der Waals surface area (Å²) < 4.78 is 5.03. The fraction of sp³-hybridized carbons (Fsp3) is 0.846. The van der Waals surface area contributed by atoms with Gasteiger partial charge in [0.25, 0.3) is 0 Å². The molecule has 0 aromatic heterocycles. The van der Waals surface area contributed by atoms with Gasteiger partial charge < -0.3 is 14.7 Å². The lowest BCUT2D eigenvalue weighted by molar-refractivity contribution is -0.138. The van der Waals surface area contributed by atoms with Crippen LogP contribution in [0.2, 0.25) is 0 Å². The molecule has 6 nitrogen and oxygen atoms in total. The highest BCUT2D eigenvalue weighted by Crippen LogP contribution is 2.09. The molecule has 1 atom stereocenters. The van der Waals surface area contributed by atoms with Crippen LogP contribution in [0.1, 0.15) is 19.8 Å². The molecule has 1 heterocycles. The van der Waals surface area contributed by atoms with Gasteiger partial charge in [0.2, 0.25) is 5.91 Å². The minimum atomic E-state index is -0.771. The molecule has 19 heavy (non-hydrogen) atoms. The van der Waals surface area contributed by atoms with Crippen molar-refractivity contribution in [1.82, 2.24) is 9.80 Å². The van der Waals surface area contributed by atoms with Gasteiger partial charge in [0.15, 0.2) is 0 Å². The smallest absolute Gasteiger partial charge is 0.304 e. The van der Waals surface area contributed by atoms with Gasteiger partial charge in [-0.1, -0.05) is 6.92 Å². The van der Waals surface area contributed by atoms with Crippen molar-refractivity contribution in [3.8, 4) is 0 Å². The lowest BCUT2D eigenvalue weighted by Crippen LogP contribution is -2.49. The first-order chi connectivity index (χ1) is 9.02. The second-order valence-corrected chi connectivity index (χ2v) is 5.13. The lowest BCUT2D eigenvalue weighted by Gasteiger charge is -2.35. The fourth-order valence-corrected chi connectivity index (χ4v) is 2.25. The Morgan fingerprint density at radius 1 is 1.26 bits per heavy atom. The molecule has 6 heteroatoms. The molecule has 1 rings (SSSR count). The van der Waals surface area contributed by atoms with Crippen molar-refractivity contribution in [3.63, 3.8) is 0 Å². The SMILES string of the molecule is COCC(C)CC(=O)N1CCN(CCC(=O)O)CC1. The summed E-state index contributed by atoms with van der Waals surface area (Å²) in [5.41, 5.74) is 0. The summed E-state index contributed by atoms with van der Waals surface area (Å²) in [5, 5.41) is 8.63. The molecule has 0 spiro atoms. The van der Waals surface area contributed by atoms with E-state index in [0.717, 1.165) is 13.1 Å². The number of nitrogens with zero attached hydrogens (tertiary/aromatic N) is 2. The quantitative estimate of drug-likeness (QED) is 0.721. The number of ether oxygens (including phenoxy) is 1. The number of aliphatic carboxylic acids is 1. The van der Waals surface area contributed by atoms with Gasteiger partial charge in [-0.25, -0.2) is 0 Å². The maximum absolute atomic E-state index is 12.0. The summed E-state index contributed by atoms with van der Waals surface area (Å²) in [6.07, 6.45) is 0.682. The molecule has 1 aliphatic rings. The van der Waals surface area contributed by atoms with Gasteiger partial charge >= 0.3 is 5.97 Å². The Labute approximate surface area is 114 Å². The van der Waals surface area contributed by atoms with Crippen LogP contribution in [0.25, 0.3) is 0 Å². The molecule has 0 aromatic rings. The number of carbonyl (C=O) groups is 2. The van der Waals surface area contributed by atoms with Crippen LogP contribution in [-0.2, 0) is 14.3 Å². The van der Waals surface area contributed by atoms with Gasteiger partial charge in [-0.2, -0.15) is 0 Å². The molecule has 0 radical (unpaired) electrons. The standard InChI is InChI=1S/C13H24N2O4/c1-11(10-19-2)9-12(16)15-7-5-14(6-8-15)4-3-13(17)18/h11H,3-10H2,1-2H3,(H,17,18). The largest absolute Gasteiger partial charge is 0.481 e. The van der Waals surface area contributed by atoms with Crippen LogP contribution in [0.4, 0.5) is 0 Å². The first-order valence-electron chi connectivity index (χ1n) is 6.73. The highest BCUT2D eigenvalue weighted by molar-refractivity contribution is 5.76. The van der Waals surface area contributed by atoms with Gasteiger partial charge in [-0.15, -0.1) is 0 Å². The van der Waals surface area contributed by atoms with E-state index >= 15 is 0 Å². The topological polar surface area (TPSA) is 70.1 Å². The molecule has 110 valence electrons. The molecule has 1 fully saturated rings. The molecule has 1 unspecified atom stereocenters. The Bertz CT molecular complexity index is 301. The van der Waals surface area contributed by atoms with Gasteiger partial charge in [0, 0.05) is 52.9 Å². The zero-order valence-electron chi connectivity index (χ0n) is 11.8. The lowest BCUT2D eigenvalue weighted by atomic mass is 10.1. The molecular formula is C13H24N2O4. The number of piperazine rings is 1. The normalized spacial score (nSPS) is 18.3. The zero-order chi connectivity index (χ0) is 14.3. The van der Waals surface area contributed by atoms with Crippen LogP contribution < -0.4 is 0 Å². The Morgan fingerprint density at radius 2 is 1.89 bits per heavy atom. The van der Waals surface area contributed by atoms with Crippen LogP contribution in [0.3, 0.4) is 0 Å². The second kappa shape index (κ2) is 8.12. The second-order valence-electron chi connectivity index (χ2n) is 5.13. The highest BCUT2D eigenvalue weighted by atomic mass is 16.5. The Balaban J connectivity index is 2.25. The summed E-state index contributed by atoms with van der Waals surface area (Å²) in [5.74, 6) is -0.364. The van der Waals surface area contributed by atoms with E-state index in [-0.39, 0.29) is 18.2 Å². The van der Waals surface area contributed by atoms with Gasteiger partial charge in [0.05, 0.1) is 6.42 Å². The van der Waals surface area contributed by atoms with Crippen molar-refractivity contribution in [2.75, 3.05) is 46.4 Å². The monoisotopic (exact) mass is 272 g/mol. The number of rotatable bonds is 7. The summed E-state index contributed by atoms with van der Waals surface area (Å²) in [4.78, 5) is 26.5. The summed E-state index contributed by atoms with van der Waals surface area (Å²) >= 11 is 0. The third-order valence-corrected chi connectivity index (χ3v) is 3.34. The zero-order valence-corrected chi connectivity index (χ0v) is 11.8. The van der Waals surface area contributed by atoms with E-state index in [1.54, 1.807) is 7.11 Å². The maximum Gasteiger partial charge on any atom is 0.304 e. The van der Waals surface area contributed by atoms with Crippen LogP contribution in [0.5, 0.6) is 0 Å². The van der Waals surface area contributed by atoms with E-state index < -0.39 is 5.97 Å². The highest BCUT2D eigenvalue weighted by Gasteiger charge is 2.22. The van der Waals surface area contributed by atoms with Crippen LogP contribution in [0.15, 0.2) is 0 Å². The molecule has 1 aliphatic heterocycles. The van der Waals surface area contributed by atoms with Crippen molar-refractivity contribution in [2.45, 2.75) is 19.8 Å². The van der Waals surface area contributed by atoms with Crippen molar-refractivity contribution in [3.05, 3.63) is 0 Å². The Morgan fingerprint density at radius 3 is 2.42 bits per heavy atom. The number of methoxy groups -OCH3 is 1. The molecule has 1 amide bonds. The summed E-state index contributed by atoms with van der Waals surface area (Å²) in [7, 11) is 1.64. The average molecular weight is 272 g/mol. The van der Waals surface area contributed by atoms with Crippen LogP contribution in [-0.4, -0.2) is 73.2 Å². The van der Waals surface area contributed by atoms with Gasteiger partial charge in [-0.05, 0) is 5.92 Å². The fourth-order valence-electron chi connectivity index (χ4n) is 2.25. The molecule has 0 aromatic carbocycles. The third kappa shape index (κ3) is 6.02. The van der Waals surface area contributed by atoms with E-state index in [9.17, 15) is 9.59 Å². The first kappa shape index (κ1) is 15.9. The summed E-state index contributed by atoms with van der Waals surface area (Å²) in [6.45, 7) is 6.08. The third-order valence-electron chi connectivity index (χ3n) is 3.34. The van der Waals surface area contributed by atoms with E-state index in [1.165, 1.54) is 0 Å². The number of carboxylic acid groups (broad SMARTS) is 1. The number of carboxylic acids is 1. The minimum Gasteiger partial charge on any atom is -0.481 e. The van der Waals surface area contributed by atoms with Crippen molar-refractivity contribution < 1.29 is 19.4 Å². The van der Waals surface area contributed by atoms with Gasteiger partial charge in [-0.3, -0.25) is 14.5 Å². The molecule has 1 N–H and O–H groups in total. The Hall–Kier alpha value is -1.14. The molecule has 0 aliphatic carbocycles. The average Bonchev–Trinajstić information content (AvgIpc) is 2.37. The number of amides is 1. The number of hydrogen-bond donors (Lipinski definition) is 1. The van der Waals surface area contributed by atoms with E-state index in [1.807, 2.05) is 11.8 Å². The molecular weight excluding hydrogens is 248 g/mol. The minimum absolute atomic E-state index is 0.165. The van der Waals surface area contributed by atoms with Gasteiger partial charge in [0.1, 0.15) is 0 Å². The molecule has 1 saturated heterocycles. The number of carbonyl (C=O) groups excluding carboxylic acids is 1.